The monoisotopic (exact) mass is 342 g/mol. The zero-order chi connectivity index (χ0) is 14.9. The summed E-state index contributed by atoms with van der Waals surface area (Å²) in [6, 6.07) is 6.23. The van der Waals surface area contributed by atoms with E-state index in [0.29, 0.717) is 11.1 Å². The number of carbonyl (C=O) groups excluding carboxylic acids is 1. The fourth-order valence-corrected chi connectivity index (χ4v) is 2.41. The fraction of sp³-hybridized carbons (Fsp3) is 0.133. The molecule has 0 fully saturated rings. The first-order valence-electron chi connectivity index (χ1n) is 5.82. The summed E-state index contributed by atoms with van der Waals surface area (Å²) in [6.07, 6.45) is -0.00418. The van der Waals surface area contributed by atoms with Gasteiger partial charge < -0.3 is 0 Å². The van der Waals surface area contributed by atoms with Crippen LogP contribution in [0.25, 0.3) is 0 Å². The molecule has 0 aliphatic rings. The topological polar surface area (TPSA) is 17.1 Å². The molecule has 0 heterocycles. The zero-order valence-electron chi connectivity index (χ0n) is 10.5. The van der Waals surface area contributed by atoms with Crippen LogP contribution in [0.1, 0.15) is 21.5 Å². The van der Waals surface area contributed by atoms with Gasteiger partial charge in [0.2, 0.25) is 0 Å². The highest BCUT2D eigenvalue weighted by Crippen LogP contribution is 2.25. The van der Waals surface area contributed by atoms with E-state index < -0.39 is 11.6 Å². The molecule has 2 rings (SSSR count). The summed E-state index contributed by atoms with van der Waals surface area (Å²) < 4.78 is 39.2. The zero-order valence-corrected chi connectivity index (χ0v) is 12.1. The molecule has 0 unspecified atom stereocenters. The van der Waals surface area contributed by atoms with E-state index in [9.17, 15) is 18.0 Å². The Morgan fingerprint density at radius 2 is 1.85 bits per heavy atom. The Hall–Kier alpha value is -1.62. The first-order valence-corrected chi connectivity index (χ1v) is 6.61. The third kappa shape index (κ3) is 2.93. The second-order valence-electron chi connectivity index (χ2n) is 4.39. The molecule has 0 saturated heterocycles. The maximum absolute atomic E-state index is 13.4. The summed E-state index contributed by atoms with van der Waals surface area (Å²) in [5.41, 5.74) is 1.35. The van der Waals surface area contributed by atoms with E-state index in [4.69, 9.17) is 0 Å². The SMILES string of the molecule is Cc1cc(F)ccc1CC(=O)c1ccc(F)c(F)c1Br. The predicted molar refractivity (Wildman–Crippen MR) is 73.2 cm³/mol. The Morgan fingerprint density at radius 1 is 1.15 bits per heavy atom. The van der Waals surface area contributed by atoms with E-state index in [0.717, 1.165) is 6.07 Å². The Kier molecular flexibility index (Phi) is 4.28. The predicted octanol–water partition coefficient (Wildman–Crippen LogP) is 4.60. The van der Waals surface area contributed by atoms with Gasteiger partial charge in [-0.15, -0.1) is 0 Å². The van der Waals surface area contributed by atoms with E-state index in [2.05, 4.69) is 15.9 Å². The molecule has 0 aliphatic heterocycles. The lowest BCUT2D eigenvalue weighted by molar-refractivity contribution is 0.0991. The van der Waals surface area contributed by atoms with Crippen LogP contribution in [0.2, 0.25) is 0 Å². The van der Waals surface area contributed by atoms with Gasteiger partial charge in [-0.25, -0.2) is 13.2 Å². The van der Waals surface area contributed by atoms with Crippen LogP contribution in [-0.4, -0.2) is 5.78 Å². The normalized spacial score (nSPS) is 10.7. The third-order valence-corrected chi connectivity index (χ3v) is 3.77. The molecule has 0 aliphatic carbocycles. The number of carbonyl (C=O) groups is 1. The number of ketones is 1. The molecule has 104 valence electrons. The number of rotatable bonds is 3. The van der Waals surface area contributed by atoms with Gasteiger partial charge in [-0.05, 0) is 58.2 Å². The van der Waals surface area contributed by atoms with Crippen molar-refractivity contribution in [1.29, 1.82) is 0 Å². The molecule has 2 aromatic rings. The van der Waals surface area contributed by atoms with Crippen LogP contribution in [0.3, 0.4) is 0 Å². The summed E-state index contributed by atoms with van der Waals surface area (Å²) in [5, 5.41) is 0. The van der Waals surface area contributed by atoms with Crippen LogP contribution in [0, 0.1) is 24.4 Å². The number of benzene rings is 2. The van der Waals surface area contributed by atoms with Crippen molar-refractivity contribution in [3.05, 3.63) is 68.9 Å². The number of halogens is 4. The van der Waals surface area contributed by atoms with Crippen LogP contribution in [0.4, 0.5) is 13.2 Å². The Balaban J connectivity index is 2.31. The van der Waals surface area contributed by atoms with Crippen LogP contribution in [0.15, 0.2) is 34.8 Å². The van der Waals surface area contributed by atoms with E-state index in [1.165, 1.54) is 24.3 Å². The summed E-state index contributed by atoms with van der Waals surface area (Å²) in [7, 11) is 0. The third-order valence-electron chi connectivity index (χ3n) is 2.99. The smallest absolute Gasteiger partial charge is 0.173 e. The summed E-state index contributed by atoms with van der Waals surface area (Å²) in [4.78, 5) is 12.1. The molecule has 0 spiro atoms. The Morgan fingerprint density at radius 3 is 2.50 bits per heavy atom. The largest absolute Gasteiger partial charge is 0.294 e. The van der Waals surface area contributed by atoms with E-state index in [1.807, 2.05) is 0 Å². The minimum Gasteiger partial charge on any atom is -0.294 e. The van der Waals surface area contributed by atoms with Crippen LogP contribution >= 0.6 is 15.9 Å². The molecule has 0 atom stereocenters. The van der Waals surface area contributed by atoms with E-state index in [1.54, 1.807) is 6.92 Å². The maximum atomic E-state index is 13.4. The average molecular weight is 343 g/mol. The molecule has 0 bridgehead atoms. The van der Waals surface area contributed by atoms with E-state index in [-0.39, 0.29) is 28.1 Å². The lowest BCUT2D eigenvalue weighted by atomic mass is 9.99. The second-order valence-corrected chi connectivity index (χ2v) is 5.19. The minimum absolute atomic E-state index is 0.00418. The standard InChI is InChI=1S/C15H10BrF3O/c1-8-6-10(17)3-2-9(8)7-13(20)11-4-5-12(18)15(19)14(11)16/h2-6H,7H2,1H3. The molecular weight excluding hydrogens is 333 g/mol. The van der Waals surface area contributed by atoms with Gasteiger partial charge in [0.25, 0.3) is 0 Å². The van der Waals surface area contributed by atoms with Crippen molar-refractivity contribution < 1.29 is 18.0 Å². The number of hydrogen-bond acceptors (Lipinski definition) is 1. The first kappa shape index (κ1) is 14.8. The molecule has 0 aromatic heterocycles. The Labute approximate surface area is 122 Å². The molecule has 1 nitrogen and oxygen atoms in total. The highest BCUT2D eigenvalue weighted by molar-refractivity contribution is 9.10. The number of hydrogen-bond donors (Lipinski definition) is 0. The van der Waals surface area contributed by atoms with Gasteiger partial charge in [0, 0.05) is 12.0 Å². The molecule has 0 amide bonds. The van der Waals surface area contributed by atoms with Crippen molar-refractivity contribution in [2.24, 2.45) is 0 Å². The van der Waals surface area contributed by atoms with Crippen molar-refractivity contribution >= 4 is 21.7 Å². The van der Waals surface area contributed by atoms with E-state index >= 15 is 0 Å². The second kappa shape index (κ2) is 5.79. The van der Waals surface area contributed by atoms with Gasteiger partial charge in [-0.2, -0.15) is 0 Å². The Bertz CT molecular complexity index is 683. The van der Waals surface area contributed by atoms with Gasteiger partial charge in [-0.3, -0.25) is 4.79 Å². The summed E-state index contributed by atoms with van der Waals surface area (Å²) in [6.45, 7) is 1.69. The van der Waals surface area contributed by atoms with Crippen molar-refractivity contribution in [2.75, 3.05) is 0 Å². The lowest BCUT2D eigenvalue weighted by Gasteiger charge is -2.08. The van der Waals surface area contributed by atoms with Gasteiger partial charge in [0.15, 0.2) is 17.4 Å². The highest BCUT2D eigenvalue weighted by Gasteiger charge is 2.17. The van der Waals surface area contributed by atoms with Crippen molar-refractivity contribution in [3.8, 4) is 0 Å². The average Bonchev–Trinajstić information content (AvgIpc) is 2.39. The minimum atomic E-state index is -1.09. The lowest BCUT2D eigenvalue weighted by Crippen LogP contribution is -2.07. The first-order chi connectivity index (χ1) is 9.40. The highest BCUT2D eigenvalue weighted by atomic mass is 79.9. The summed E-state index contributed by atoms with van der Waals surface area (Å²) >= 11 is 2.88. The number of aryl methyl sites for hydroxylation is 1. The quantitative estimate of drug-likeness (QED) is 0.588. The molecule has 20 heavy (non-hydrogen) atoms. The molecular formula is C15H10BrF3O. The van der Waals surface area contributed by atoms with Crippen molar-refractivity contribution in [2.45, 2.75) is 13.3 Å². The van der Waals surface area contributed by atoms with Crippen molar-refractivity contribution in [1.82, 2.24) is 0 Å². The molecule has 2 aromatic carbocycles. The van der Waals surface area contributed by atoms with Gasteiger partial charge in [-0.1, -0.05) is 6.07 Å². The van der Waals surface area contributed by atoms with Gasteiger partial charge >= 0.3 is 0 Å². The number of Topliss-reactive ketones (excluding diaryl/α,β-unsaturated/α-hetero) is 1. The molecule has 5 heteroatoms. The summed E-state index contributed by atoms with van der Waals surface area (Å²) in [5.74, 6) is -2.86. The van der Waals surface area contributed by atoms with Crippen LogP contribution < -0.4 is 0 Å². The van der Waals surface area contributed by atoms with Crippen LogP contribution in [0.5, 0.6) is 0 Å². The molecule has 0 saturated carbocycles. The molecule has 0 radical (unpaired) electrons. The molecule has 0 N–H and O–H groups in total. The van der Waals surface area contributed by atoms with Gasteiger partial charge in [0.1, 0.15) is 5.82 Å². The van der Waals surface area contributed by atoms with Crippen LogP contribution in [-0.2, 0) is 6.42 Å². The maximum Gasteiger partial charge on any atom is 0.173 e. The fourth-order valence-electron chi connectivity index (χ4n) is 1.87. The van der Waals surface area contributed by atoms with Gasteiger partial charge in [0.05, 0.1) is 4.47 Å². The van der Waals surface area contributed by atoms with Crippen molar-refractivity contribution in [3.63, 3.8) is 0 Å².